The lowest BCUT2D eigenvalue weighted by molar-refractivity contribution is -0.577. The van der Waals surface area contributed by atoms with Crippen LogP contribution in [0.5, 0.6) is 5.75 Å². The van der Waals surface area contributed by atoms with Gasteiger partial charge in [-0.05, 0) is 12.1 Å². The first kappa shape index (κ1) is 7.79. The van der Waals surface area contributed by atoms with Gasteiger partial charge in [-0.25, -0.2) is 4.39 Å². The molecular formula is C9H6FNO2. The number of nitrogens with zero attached hydrogens (tertiary/aromatic N) is 1. The molecule has 1 heterocycles. The first-order valence-electron chi connectivity index (χ1n) is 3.69. The van der Waals surface area contributed by atoms with E-state index in [9.17, 15) is 14.7 Å². The fraction of sp³-hybridized carbons (Fsp3) is 0. The molecule has 0 aliphatic rings. The van der Waals surface area contributed by atoms with Gasteiger partial charge in [-0.1, -0.05) is 0 Å². The van der Waals surface area contributed by atoms with Crippen LogP contribution in [0.1, 0.15) is 0 Å². The maximum atomic E-state index is 12.8. The standard InChI is InChI=1S/C9H6FNO2/c10-7-3-4-8-6(9(7)12)2-1-5-11(8)13/h1-5,12H. The van der Waals surface area contributed by atoms with Crippen molar-refractivity contribution in [3.63, 3.8) is 0 Å². The van der Waals surface area contributed by atoms with Crippen molar-refractivity contribution >= 4 is 10.9 Å². The maximum absolute atomic E-state index is 12.8. The van der Waals surface area contributed by atoms with E-state index in [2.05, 4.69) is 0 Å². The summed E-state index contributed by atoms with van der Waals surface area (Å²) in [6.07, 6.45) is 1.29. The monoisotopic (exact) mass is 179 g/mol. The molecule has 2 rings (SSSR count). The number of phenols is 1. The fourth-order valence-electron chi connectivity index (χ4n) is 1.22. The van der Waals surface area contributed by atoms with Gasteiger partial charge in [-0.3, -0.25) is 0 Å². The molecule has 1 aromatic carbocycles. The van der Waals surface area contributed by atoms with E-state index in [1.807, 2.05) is 0 Å². The molecular weight excluding hydrogens is 173 g/mol. The molecule has 4 heteroatoms. The minimum atomic E-state index is -0.723. The lowest BCUT2D eigenvalue weighted by Gasteiger charge is -2.02. The van der Waals surface area contributed by atoms with Crippen LogP contribution >= 0.6 is 0 Å². The van der Waals surface area contributed by atoms with Crippen LogP contribution in [0, 0.1) is 11.0 Å². The van der Waals surface area contributed by atoms with Gasteiger partial charge in [0.25, 0.3) is 0 Å². The Bertz CT molecular complexity index is 470. The smallest absolute Gasteiger partial charge is 0.227 e. The molecule has 66 valence electrons. The Labute approximate surface area is 73.3 Å². The number of fused-ring (bicyclic) bond motifs is 1. The molecule has 2 aromatic rings. The molecule has 0 saturated heterocycles. The second-order valence-corrected chi connectivity index (χ2v) is 2.66. The molecule has 0 amide bonds. The van der Waals surface area contributed by atoms with Gasteiger partial charge in [0.1, 0.15) is 0 Å². The van der Waals surface area contributed by atoms with E-state index in [1.54, 1.807) is 0 Å². The quantitative estimate of drug-likeness (QED) is 0.489. The molecule has 1 N–H and O–H groups in total. The largest absolute Gasteiger partial charge is 0.618 e. The Morgan fingerprint density at radius 2 is 2.08 bits per heavy atom. The Morgan fingerprint density at radius 1 is 1.31 bits per heavy atom. The lowest BCUT2D eigenvalue weighted by Crippen LogP contribution is -2.25. The minimum Gasteiger partial charge on any atom is -0.618 e. The molecule has 13 heavy (non-hydrogen) atoms. The third-order valence-corrected chi connectivity index (χ3v) is 1.87. The third-order valence-electron chi connectivity index (χ3n) is 1.87. The average Bonchev–Trinajstić information content (AvgIpc) is 2.12. The van der Waals surface area contributed by atoms with Crippen LogP contribution in [-0.4, -0.2) is 5.11 Å². The van der Waals surface area contributed by atoms with Crippen LogP contribution in [0.4, 0.5) is 4.39 Å². The van der Waals surface area contributed by atoms with Crippen LogP contribution in [0.3, 0.4) is 0 Å². The van der Waals surface area contributed by atoms with E-state index < -0.39 is 11.6 Å². The Morgan fingerprint density at radius 3 is 2.85 bits per heavy atom. The number of hydrogen-bond donors (Lipinski definition) is 1. The second kappa shape index (κ2) is 2.58. The predicted molar refractivity (Wildman–Crippen MR) is 44.5 cm³/mol. The first-order chi connectivity index (χ1) is 6.20. The van der Waals surface area contributed by atoms with E-state index in [0.717, 1.165) is 6.07 Å². The van der Waals surface area contributed by atoms with E-state index in [1.165, 1.54) is 24.4 Å². The van der Waals surface area contributed by atoms with Crippen molar-refractivity contribution in [1.82, 2.24) is 0 Å². The summed E-state index contributed by atoms with van der Waals surface area (Å²) in [6, 6.07) is 5.33. The van der Waals surface area contributed by atoms with Crippen LogP contribution in [0.25, 0.3) is 10.9 Å². The van der Waals surface area contributed by atoms with Crippen molar-refractivity contribution < 1.29 is 14.2 Å². The summed E-state index contributed by atoms with van der Waals surface area (Å²) < 4.78 is 13.4. The first-order valence-corrected chi connectivity index (χ1v) is 3.69. The highest BCUT2D eigenvalue weighted by atomic mass is 19.1. The molecule has 1 aromatic heterocycles. The second-order valence-electron chi connectivity index (χ2n) is 2.66. The fourth-order valence-corrected chi connectivity index (χ4v) is 1.22. The molecule has 0 unspecified atom stereocenters. The van der Waals surface area contributed by atoms with Gasteiger partial charge in [0, 0.05) is 12.1 Å². The van der Waals surface area contributed by atoms with E-state index in [-0.39, 0.29) is 10.9 Å². The summed E-state index contributed by atoms with van der Waals surface area (Å²) in [7, 11) is 0. The van der Waals surface area contributed by atoms with Gasteiger partial charge in [0.2, 0.25) is 5.52 Å². The number of phenolic OH excluding ortho intramolecular Hbond substituents is 1. The summed E-state index contributed by atoms with van der Waals surface area (Å²) in [5, 5.41) is 20.6. The van der Waals surface area contributed by atoms with Gasteiger partial charge in [0.05, 0.1) is 5.39 Å². The molecule has 0 aliphatic carbocycles. The Balaban J connectivity index is 2.94. The van der Waals surface area contributed by atoms with Gasteiger partial charge >= 0.3 is 0 Å². The molecule has 0 saturated carbocycles. The zero-order valence-electron chi connectivity index (χ0n) is 6.57. The average molecular weight is 179 g/mol. The molecule has 0 bridgehead atoms. The lowest BCUT2D eigenvalue weighted by atomic mass is 10.2. The molecule has 0 fully saturated rings. The van der Waals surface area contributed by atoms with E-state index in [0.29, 0.717) is 4.73 Å². The van der Waals surface area contributed by atoms with Crippen molar-refractivity contribution in [3.05, 3.63) is 41.5 Å². The summed E-state index contributed by atoms with van der Waals surface area (Å²) in [6.45, 7) is 0. The Kier molecular flexibility index (Phi) is 1.55. The van der Waals surface area contributed by atoms with Crippen molar-refractivity contribution in [1.29, 1.82) is 0 Å². The summed E-state index contributed by atoms with van der Waals surface area (Å²) in [5.41, 5.74) is 0.251. The van der Waals surface area contributed by atoms with Crippen molar-refractivity contribution in [2.75, 3.05) is 0 Å². The van der Waals surface area contributed by atoms with Gasteiger partial charge < -0.3 is 10.3 Å². The number of benzene rings is 1. The van der Waals surface area contributed by atoms with Gasteiger partial charge in [-0.2, -0.15) is 4.73 Å². The normalized spacial score (nSPS) is 10.5. The van der Waals surface area contributed by atoms with Crippen LogP contribution in [0.15, 0.2) is 30.5 Å². The third kappa shape index (κ3) is 1.07. The summed E-state index contributed by atoms with van der Waals surface area (Å²) in [4.78, 5) is 0. The molecule has 0 spiro atoms. The molecule has 0 radical (unpaired) electrons. The highest BCUT2D eigenvalue weighted by Crippen LogP contribution is 2.24. The van der Waals surface area contributed by atoms with Crippen molar-refractivity contribution in [2.24, 2.45) is 0 Å². The minimum absolute atomic E-state index is 0.220. The number of pyridine rings is 1. The summed E-state index contributed by atoms with van der Waals surface area (Å²) >= 11 is 0. The zero-order valence-corrected chi connectivity index (χ0v) is 6.57. The molecule has 0 aliphatic heterocycles. The van der Waals surface area contributed by atoms with E-state index in [4.69, 9.17) is 0 Å². The number of aromatic nitrogens is 1. The number of halogens is 1. The SMILES string of the molecule is [O-][n+]1cccc2c(O)c(F)ccc21. The topological polar surface area (TPSA) is 47.2 Å². The maximum Gasteiger partial charge on any atom is 0.227 e. The van der Waals surface area contributed by atoms with Crippen LogP contribution in [-0.2, 0) is 0 Å². The van der Waals surface area contributed by atoms with Crippen LogP contribution < -0.4 is 4.73 Å². The predicted octanol–water partition coefficient (Wildman–Crippen LogP) is 1.32. The van der Waals surface area contributed by atoms with Crippen molar-refractivity contribution in [3.8, 4) is 5.75 Å². The van der Waals surface area contributed by atoms with E-state index >= 15 is 0 Å². The molecule has 0 atom stereocenters. The van der Waals surface area contributed by atoms with Gasteiger partial charge in [0.15, 0.2) is 17.8 Å². The zero-order chi connectivity index (χ0) is 9.42. The Hall–Kier alpha value is -1.84. The van der Waals surface area contributed by atoms with Crippen molar-refractivity contribution in [2.45, 2.75) is 0 Å². The van der Waals surface area contributed by atoms with Gasteiger partial charge in [-0.15, -0.1) is 0 Å². The highest BCUT2D eigenvalue weighted by molar-refractivity contribution is 5.82. The summed E-state index contributed by atoms with van der Waals surface area (Å²) in [5.74, 6) is -1.21. The number of hydrogen-bond acceptors (Lipinski definition) is 2. The highest BCUT2D eigenvalue weighted by Gasteiger charge is 2.10. The van der Waals surface area contributed by atoms with Crippen LogP contribution in [0.2, 0.25) is 0 Å². The molecule has 3 nitrogen and oxygen atoms in total. The number of rotatable bonds is 0. The number of aromatic hydroxyl groups is 1.